The first kappa shape index (κ1) is 13.1. The molecule has 0 saturated carbocycles. The minimum atomic E-state index is -1.14. The number of carboxylic acid groups (broad SMARTS) is 1. The van der Waals surface area contributed by atoms with Crippen molar-refractivity contribution in [1.82, 2.24) is 4.98 Å². The van der Waals surface area contributed by atoms with E-state index >= 15 is 0 Å². The molecule has 1 aromatic carbocycles. The van der Waals surface area contributed by atoms with Gasteiger partial charge in [-0.3, -0.25) is 4.98 Å². The molecule has 0 bridgehead atoms. The summed E-state index contributed by atoms with van der Waals surface area (Å²) in [7, 11) is 0. The highest BCUT2D eigenvalue weighted by molar-refractivity contribution is 6.44. The lowest BCUT2D eigenvalue weighted by Crippen LogP contribution is -2.02. The molecule has 0 spiro atoms. The molecule has 0 unspecified atom stereocenters. The maximum Gasteiger partial charge on any atom is 0.337 e. The summed E-state index contributed by atoms with van der Waals surface area (Å²) in [5.74, 6) is -1.14. The van der Waals surface area contributed by atoms with Gasteiger partial charge < -0.3 is 5.11 Å². The maximum absolute atomic E-state index is 11.2. The van der Waals surface area contributed by atoms with E-state index in [-0.39, 0.29) is 15.6 Å². The van der Waals surface area contributed by atoms with Crippen LogP contribution >= 0.6 is 34.8 Å². The van der Waals surface area contributed by atoms with Crippen LogP contribution < -0.4 is 0 Å². The van der Waals surface area contributed by atoms with E-state index in [0.717, 1.165) is 0 Å². The van der Waals surface area contributed by atoms with Crippen LogP contribution in [0.3, 0.4) is 0 Å². The number of rotatable bonds is 2. The van der Waals surface area contributed by atoms with Crippen LogP contribution in [-0.2, 0) is 0 Å². The standard InChI is InChI=1S/C12H6Cl3NO2/c13-8-3-1-2-6(11(8)15)7-4-16-5-9(14)10(7)12(17)18/h1-5H,(H,17,18). The lowest BCUT2D eigenvalue weighted by molar-refractivity contribution is 0.0698. The van der Waals surface area contributed by atoms with Crippen molar-refractivity contribution in [3.05, 3.63) is 51.2 Å². The molecule has 0 amide bonds. The summed E-state index contributed by atoms with van der Waals surface area (Å²) in [5, 5.41) is 9.84. The second-order valence-corrected chi connectivity index (χ2v) is 4.64. The summed E-state index contributed by atoms with van der Waals surface area (Å²) < 4.78 is 0. The van der Waals surface area contributed by atoms with Gasteiger partial charge >= 0.3 is 5.97 Å². The van der Waals surface area contributed by atoms with Gasteiger partial charge in [-0.1, -0.05) is 46.9 Å². The van der Waals surface area contributed by atoms with E-state index in [4.69, 9.17) is 34.8 Å². The lowest BCUT2D eigenvalue weighted by Gasteiger charge is -2.09. The highest BCUT2D eigenvalue weighted by atomic mass is 35.5. The van der Waals surface area contributed by atoms with Crippen LogP contribution in [0, 0.1) is 0 Å². The Morgan fingerprint density at radius 2 is 1.78 bits per heavy atom. The Hall–Kier alpha value is -1.29. The Labute approximate surface area is 118 Å². The molecule has 0 atom stereocenters. The van der Waals surface area contributed by atoms with Crippen LogP contribution in [-0.4, -0.2) is 16.1 Å². The smallest absolute Gasteiger partial charge is 0.337 e. The first-order chi connectivity index (χ1) is 8.52. The third-order valence-electron chi connectivity index (χ3n) is 2.36. The Bertz CT molecular complexity index is 629. The molecule has 1 heterocycles. The molecule has 0 radical (unpaired) electrons. The maximum atomic E-state index is 11.2. The number of aromatic nitrogens is 1. The zero-order chi connectivity index (χ0) is 13.3. The van der Waals surface area contributed by atoms with Gasteiger partial charge in [0.2, 0.25) is 0 Å². The lowest BCUT2D eigenvalue weighted by atomic mass is 10.0. The Kier molecular flexibility index (Phi) is 3.76. The van der Waals surface area contributed by atoms with E-state index in [1.54, 1.807) is 18.2 Å². The number of hydrogen-bond acceptors (Lipinski definition) is 2. The largest absolute Gasteiger partial charge is 0.478 e. The summed E-state index contributed by atoms with van der Waals surface area (Å²) in [4.78, 5) is 15.1. The first-order valence-electron chi connectivity index (χ1n) is 4.83. The van der Waals surface area contributed by atoms with E-state index < -0.39 is 5.97 Å². The SMILES string of the molecule is O=C(O)c1c(Cl)cncc1-c1cccc(Cl)c1Cl. The molecule has 1 aromatic heterocycles. The Balaban J connectivity index is 2.75. The number of halogens is 3. The molecule has 0 aliphatic rings. The van der Waals surface area contributed by atoms with Crippen LogP contribution in [0.1, 0.15) is 10.4 Å². The normalized spacial score (nSPS) is 10.4. The van der Waals surface area contributed by atoms with E-state index in [1.807, 2.05) is 0 Å². The number of hydrogen-bond donors (Lipinski definition) is 1. The number of nitrogens with zero attached hydrogens (tertiary/aromatic N) is 1. The van der Waals surface area contributed by atoms with Gasteiger partial charge in [0.05, 0.1) is 20.6 Å². The van der Waals surface area contributed by atoms with Gasteiger partial charge in [-0.25, -0.2) is 4.79 Å². The van der Waals surface area contributed by atoms with E-state index in [9.17, 15) is 9.90 Å². The third-order valence-corrected chi connectivity index (χ3v) is 3.46. The van der Waals surface area contributed by atoms with E-state index in [0.29, 0.717) is 16.1 Å². The van der Waals surface area contributed by atoms with E-state index in [1.165, 1.54) is 12.4 Å². The fraction of sp³-hybridized carbons (Fsp3) is 0. The predicted molar refractivity (Wildman–Crippen MR) is 71.7 cm³/mol. The van der Waals surface area contributed by atoms with Gasteiger partial charge in [-0.05, 0) is 6.07 Å². The number of carbonyl (C=O) groups is 1. The first-order valence-corrected chi connectivity index (χ1v) is 5.97. The summed E-state index contributed by atoms with van der Waals surface area (Å²) in [6, 6.07) is 4.95. The van der Waals surface area contributed by atoms with Gasteiger partial charge in [-0.15, -0.1) is 0 Å². The molecular weight excluding hydrogens is 296 g/mol. The zero-order valence-electron chi connectivity index (χ0n) is 8.82. The molecule has 2 rings (SSSR count). The molecule has 0 aliphatic heterocycles. The van der Waals surface area contributed by atoms with Crippen molar-refractivity contribution in [2.75, 3.05) is 0 Å². The minimum absolute atomic E-state index is 0.0455. The van der Waals surface area contributed by atoms with Gasteiger partial charge in [-0.2, -0.15) is 0 Å². The summed E-state index contributed by atoms with van der Waals surface area (Å²) in [6.07, 6.45) is 2.67. The van der Waals surface area contributed by atoms with Crippen LogP contribution in [0.15, 0.2) is 30.6 Å². The Morgan fingerprint density at radius 3 is 2.44 bits per heavy atom. The zero-order valence-corrected chi connectivity index (χ0v) is 11.1. The van der Waals surface area contributed by atoms with Crippen molar-refractivity contribution in [3.8, 4) is 11.1 Å². The van der Waals surface area contributed by atoms with Crippen LogP contribution in [0.2, 0.25) is 15.1 Å². The van der Waals surface area contributed by atoms with Crippen molar-refractivity contribution >= 4 is 40.8 Å². The summed E-state index contributed by atoms with van der Waals surface area (Å²) >= 11 is 17.8. The fourth-order valence-corrected chi connectivity index (χ4v) is 2.21. The van der Waals surface area contributed by atoms with Crippen molar-refractivity contribution in [1.29, 1.82) is 0 Å². The number of aromatic carboxylic acids is 1. The third kappa shape index (κ3) is 2.29. The average molecular weight is 303 g/mol. The van der Waals surface area contributed by atoms with Crippen molar-refractivity contribution in [3.63, 3.8) is 0 Å². The van der Waals surface area contributed by atoms with Crippen LogP contribution in [0.25, 0.3) is 11.1 Å². The Morgan fingerprint density at radius 1 is 1.06 bits per heavy atom. The van der Waals surface area contributed by atoms with Gasteiger partial charge in [0.15, 0.2) is 0 Å². The second-order valence-electron chi connectivity index (χ2n) is 3.45. The van der Waals surface area contributed by atoms with Gasteiger partial charge in [0.1, 0.15) is 0 Å². The molecule has 3 nitrogen and oxygen atoms in total. The monoisotopic (exact) mass is 301 g/mol. The number of carboxylic acids is 1. The molecule has 1 N–H and O–H groups in total. The van der Waals surface area contributed by atoms with Crippen molar-refractivity contribution < 1.29 is 9.90 Å². The summed E-state index contributed by atoms with van der Waals surface area (Å²) in [6.45, 7) is 0. The van der Waals surface area contributed by atoms with E-state index in [2.05, 4.69) is 4.98 Å². The molecule has 0 saturated heterocycles. The molecule has 0 aliphatic carbocycles. The second kappa shape index (κ2) is 5.14. The quantitative estimate of drug-likeness (QED) is 0.894. The van der Waals surface area contributed by atoms with Crippen LogP contribution in [0.5, 0.6) is 0 Å². The topological polar surface area (TPSA) is 50.2 Å². The molecule has 0 fully saturated rings. The summed E-state index contributed by atoms with van der Waals surface area (Å²) in [5.41, 5.74) is 0.773. The predicted octanol–water partition coefficient (Wildman–Crippen LogP) is 4.41. The van der Waals surface area contributed by atoms with Crippen LogP contribution in [0.4, 0.5) is 0 Å². The van der Waals surface area contributed by atoms with Crippen molar-refractivity contribution in [2.45, 2.75) is 0 Å². The van der Waals surface area contributed by atoms with Crippen molar-refractivity contribution in [2.24, 2.45) is 0 Å². The molecule has 92 valence electrons. The molecular formula is C12H6Cl3NO2. The minimum Gasteiger partial charge on any atom is -0.478 e. The van der Waals surface area contributed by atoms with Gasteiger partial charge in [0, 0.05) is 23.5 Å². The fourth-order valence-electron chi connectivity index (χ4n) is 1.57. The molecule has 18 heavy (non-hydrogen) atoms. The molecule has 6 heteroatoms. The number of benzene rings is 1. The molecule has 2 aromatic rings. The highest BCUT2D eigenvalue weighted by Crippen LogP contribution is 2.36. The van der Waals surface area contributed by atoms with Gasteiger partial charge in [0.25, 0.3) is 0 Å². The highest BCUT2D eigenvalue weighted by Gasteiger charge is 2.18. The average Bonchev–Trinajstić information content (AvgIpc) is 2.32. The number of pyridine rings is 1.